The molecule has 1 atom stereocenters. The zero-order valence-corrected chi connectivity index (χ0v) is 12.7. The lowest BCUT2D eigenvalue weighted by Crippen LogP contribution is -2.47. The third-order valence-corrected chi connectivity index (χ3v) is 4.67. The molecule has 1 unspecified atom stereocenters. The summed E-state index contributed by atoms with van der Waals surface area (Å²) in [5.74, 6) is 0.621. The second-order valence-electron chi connectivity index (χ2n) is 6.36. The lowest BCUT2D eigenvalue weighted by Gasteiger charge is -2.31. The number of nitrogens with one attached hydrogen (secondary N) is 1. The topological polar surface area (TPSA) is 15.3 Å². The maximum Gasteiger partial charge on any atom is 0.0288 e. The van der Waals surface area contributed by atoms with Gasteiger partial charge in [-0.15, -0.1) is 0 Å². The first-order valence-corrected chi connectivity index (χ1v) is 8.00. The van der Waals surface area contributed by atoms with Gasteiger partial charge in [0.25, 0.3) is 0 Å². The Hall–Kier alpha value is -1.12. The van der Waals surface area contributed by atoms with Crippen molar-refractivity contribution >= 4 is 5.57 Å². The minimum atomic E-state index is 0.621. The molecule has 1 saturated heterocycles. The van der Waals surface area contributed by atoms with Crippen LogP contribution in [0.25, 0.3) is 5.57 Å². The molecular formula is C18H26N2. The highest BCUT2D eigenvalue weighted by atomic mass is 15.2. The normalized spacial score (nSPS) is 24.1. The SMILES string of the molecule is CC(C)c1ccc(C2=CC(N3CCNCC3)CC2)cc1. The molecule has 1 aliphatic heterocycles. The molecule has 20 heavy (non-hydrogen) atoms. The van der Waals surface area contributed by atoms with E-state index >= 15 is 0 Å². The first-order chi connectivity index (χ1) is 9.74. The highest BCUT2D eigenvalue weighted by Crippen LogP contribution is 2.31. The summed E-state index contributed by atoms with van der Waals surface area (Å²) in [5.41, 5.74) is 4.40. The summed E-state index contributed by atoms with van der Waals surface area (Å²) in [6.45, 7) is 9.18. The quantitative estimate of drug-likeness (QED) is 0.907. The molecule has 1 fully saturated rings. The molecule has 0 spiro atoms. The maximum atomic E-state index is 3.44. The maximum absolute atomic E-state index is 3.44. The number of hydrogen-bond acceptors (Lipinski definition) is 2. The summed E-state index contributed by atoms with van der Waals surface area (Å²) < 4.78 is 0. The van der Waals surface area contributed by atoms with E-state index in [4.69, 9.17) is 0 Å². The lowest BCUT2D eigenvalue weighted by atomic mass is 9.98. The first-order valence-electron chi connectivity index (χ1n) is 8.00. The number of rotatable bonds is 3. The zero-order chi connectivity index (χ0) is 13.9. The van der Waals surface area contributed by atoms with E-state index < -0.39 is 0 Å². The van der Waals surface area contributed by atoms with E-state index in [0.29, 0.717) is 12.0 Å². The van der Waals surface area contributed by atoms with Gasteiger partial charge in [-0.3, -0.25) is 4.90 Å². The first kappa shape index (κ1) is 13.8. The van der Waals surface area contributed by atoms with Gasteiger partial charge in [0.2, 0.25) is 0 Å². The van der Waals surface area contributed by atoms with E-state index in [0.717, 1.165) is 13.1 Å². The van der Waals surface area contributed by atoms with Gasteiger partial charge >= 0.3 is 0 Å². The van der Waals surface area contributed by atoms with Gasteiger partial charge in [0.05, 0.1) is 0 Å². The Kier molecular flexibility index (Phi) is 4.23. The van der Waals surface area contributed by atoms with Crippen LogP contribution in [0.5, 0.6) is 0 Å². The molecule has 108 valence electrons. The van der Waals surface area contributed by atoms with Crippen molar-refractivity contribution in [3.8, 4) is 0 Å². The Morgan fingerprint density at radius 3 is 2.45 bits per heavy atom. The van der Waals surface area contributed by atoms with Crippen molar-refractivity contribution in [1.82, 2.24) is 10.2 Å². The monoisotopic (exact) mass is 270 g/mol. The summed E-state index contributed by atoms with van der Waals surface area (Å²) in [6.07, 6.45) is 5.03. The second-order valence-corrected chi connectivity index (χ2v) is 6.36. The number of hydrogen-bond donors (Lipinski definition) is 1. The molecule has 0 amide bonds. The highest BCUT2D eigenvalue weighted by molar-refractivity contribution is 5.68. The van der Waals surface area contributed by atoms with Crippen LogP contribution in [-0.4, -0.2) is 37.1 Å². The van der Waals surface area contributed by atoms with Crippen LogP contribution in [0.1, 0.15) is 43.7 Å². The van der Waals surface area contributed by atoms with Gasteiger partial charge in [-0.2, -0.15) is 0 Å². The number of allylic oxidation sites excluding steroid dienone is 1. The van der Waals surface area contributed by atoms with E-state index in [9.17, 15) is 0 Å². The highest BCUT2D eigenvalue weighted by Gasteiger charge is 2.23. The fourth-order valence-electron chi connectivity index (χ4n) is 3.33. The standard InChI is InChI=1S/C18H26N2/c1-14(2)15-3-5-16(6-4-15)17-7-8-18(13-17)20-11-9-19-10-12-20/h3-6,13-14,18-19H,7-12H2,1-2H3. The Morgan fingerprint density at radius 2 is 1.80 bits per heavy atom. The Labute approximate surface area is 122 Å². The van der Waals surface area contributed by atoms with Crippen molar-refractivity contribution in [3.63, 3.8) is 0 Å². The molecule has 0 saturated carbocycles. The summed E-state index contributed by atoms with van der Waals surface area (Å²) in [4.78, 5) is 2.63. The van der Waals surface area contributed by atoms with Gasteiger partial charge in [0, 0.05) is 32.2 Å². The molecule has 0 aromatic heterocycles. The average molecular weight is 270 g/mol. The van der Waals surface area contributed by atoms with E-state index in [-0.39, 0.29) is 0 Å². The van der Waals surface area contributed by atoms with Crippen LogP contribution < -0.4 is 5.32 Å². The number of nitrogens with zero attached hydrogens (tertiary/aromatic N) is 1. The summed E-state index contributed by atoms with van der Waals surface area (Å²) in [7, 11) is 0. The largest absolute Gasteiger partial charge is 0.314 e. The molecule has 1 N–H and O–H groups in total. The Balaban J connectivity index is 1.70. The summed E-state index contributed by atoms with van der Waals surface area (Å²) in [5, 5.41) is 3.44. The van der Waals surface area contributed by atoms with E-state index in [2.05, 4.69) is 54.4 Å². The van der Waals surface area contributed by atoms with Gasteiger partial charge in [-0.05, 0) is 35.5 Å². The van der Waals surface area contributed by atoms with Crippen LogP contribution >= 0.6 is 0 Å². The van der Waals surface area contributed by atoms with Crippen LogP contribution in [0.4, 0.5) is 0 Å². The molecule has 0 radical (unpaired) electrons. The molecule has 2 nitrogen and oxygen atoms in total. The van der Waals surface area contributed by atoms with Crippen molar-refractivity contribution in [2.45, 2.75) is 38.6 Å². The van der Waals surface area contributed by atoms with Crippen molar-refractivity contribution in [2.75, 3.05) is 26.2 Å². The van der Waals surface area contributed by atoms with Crippen LogP contribution in [0.15, 0.2) is 30.3 Å². The van der Waals surface area contributed by atoms with Gasteiger partial charge in [0.15, 0.2) is 0 Å². The lowest BCUT2D eigenvalue weighted by molar-refractivity contribution is 0.200. The van der Waals surface area contributed by atoms with Crippen molar-refractivity contribution in [1.29, 1.82) is 0 Å². The Bertz CT molecular complexity index is 467. The number of piperazine rings is 1. The molecule has 2 heteroatoms. The third-order valence-electron chi connectivity index (χ3n) is 4.67. The summed E-state index contributed by atoms with van der Waals surface area (Å²) >= 11 is 0. The molecule has 1 aliphatic carbocycles. The molecule has 1 aromatic rings. The van der Waals surface area contributed by atoms with E-state index in [1.54, 1.807) is 5.57 Å². The minimum absolute atomic E-state index is 0.621. The van der Waals surface area contributed by atoms with Crippen molar-refractivity contribution in [2.24, 2.45) is 0 Å². The van der Waals surface area contributed by atoms with Gasteiger partial charge in [-0.25, -0.2) is 0 Å². The van der Waals surface area contributed by atoms with Crippen molar-refractivity contribution < 1.29 is 0 Å². The van der Waals surface area contributed by atoms with E-state index in [1.165, 1.54) is 37.1 Å². The minimum Gasteiger partial charge on any atom is -0.314 e. The third kappa shape index (κ3) is 2.97. The second kappa shape index (κ2) is 6.11. The predicted octanol–water partition coefficient (Wildman–Crippen LogP) is 3.26. The molecule has 1 heterocycles. The number of benzene rings is 1. The Morgan fingerprint density at radius 1 is 1.10 bits per heavy atom. The predicted molar refractivity (Wildman–Crippen MR) is 86.0 cm³/mol. The average Bonchev–Trinajstić information content (AvgIpc) is 2.98. The van der Waals surface area contributed by atoms with Gasteiger partial charge < -0.3 is 5.32 Å². The summed E-state index contributed by atoms with van der Waals surface area (Å²) in [6, 6.07) is 9.86. The molecule has 1 aromatic carbocycles. The fourth-order valence-corrected chi connectivity index (χ4v) is 3.33. The van der Waals surface area contributed by atoms with Crippen LogP contribution in [0.3, 0.4) is 0 Å². The van der Waals surface area contributed by atoms with Crippen LogP contribution in [-0.2, 0) is 0 Å². The fraction of sp³-hybridized carbons (Fsp3) is 0.556. The zero-order valence-electron chi connectivity index (χ0n) is 12.7. The molecule has 3 rings (SSSR count). The van der Waals surface area contributed by atoms with Crippen molar-refractivity contribution in [3.05, 3.63) is 41.5 Å². The molecule has 2 aliphatic rings. The van der Waals surface area contributed by atoms with Gasteiger partial charge in [-0.1, -0.05) is 44.2 Å². The molecule has 0 bridgehead atoms. The smallest absolute Gasteiger partial charge is 0.0288 e. The van der Waals surface area contributed by atoms with Gasteiger partial charge in [0.1, 0.15) is 0 Å². The van der Waals surface area contributed by atoms with E-state index in [1.807, 2.05) is 0 Å². The molecular weight excluding hydrogens is 244 g/mol. The van der Waals surface area contributed by atoms with Crippen LogP contribution in [0.2, 0.25) is 0 Å². The van der Waals surface area contributed by atoms with Crippen LogP contribution in [0, 0.1) is 0 Å².